The van der Waals surface area contributed by atoms with Gasteiger partial charge in [-0.15, -0.1) is 6.58 Å². The molecule has 6 nitrogen and oxygen atoms in total. The van der Waals surface area contributed by atoms with E-state index in [0.29, 0.717) is 29.3 Å². The molecule has 1 aliphatic carbocycles. The topological polar surface area (TPSA) is 105 Å². The van der Waals surface area contributed by atoms with Gasteiger partial charge in [-0.25, -0.2) is 9.59 Å². The molecule has 0 radical (unpaired) electrons. The lowest BCUT2D eigenvalue weighted by molar-refractivity contribution is -0.137. The predicted molar refractivity (Wildman–Crippen MR) is 127 cm³/mol. The minimum Gasteiger partial charge on any atom is -0.462 e. The van der Waals surface area contributed by atoms with E-state index in [1.54, 1.807) is 48.5 Å². The Hall–Kier alpha value is -3.54. The molecule has 0 amide bonds. The van der Waals surface area contributed by atoms with Crippen molar-refractivity contribution in [1.82, 2.24) is 0 Å². The maximum Gasteiger partial charge on any atom is 0.338 e. The lowest BCUT2D eigenvalue weighted by Gasteiger charge is -2.26. The van der Waals surface area contributed by atoms with Crippen LogP contribution >= 0.6 is 0 Å². The zero-order valence-electron chi connectivity index (χ0n) is 18.2. The van der Waals surface area contributed by atoms with Gasteiger partial charge in [0, 0.05) is 23.9 Å². The molecule has 1 saturated carbocycles. The average Bonchev–Trinajstić information content (AvgIpc) is 2.80. The van der Waals surface area contributed by atoms with Crippen LogP contribution in [0.5, 0.6) is 0 Å². The Morgan fingerprint density at radius 2 is 1.75 bits per heavy atom. The van der Waals surface area contributed by atoms with Gasteiger partial charge in [0.15, 0.2) is 0 Å². The Labute approximate surface area is 188 Å². The molecule has 0 bridgehead atoms. The maximum absolute atomic E-state index is 12.4. The van der Waals surface area contributed by atoms with Crippen LogP contribution in [0.3, 0.4) is 0 Å². The van der Waals surface area contributed by atoms with Crippen molar-refractivity contribution in [3.8, 4) is 0 Å². The van der Waals surface area contributed by atoms with Crippen LogP contribution in [0.2, 0.25) is 0 Å². The molecule has 0 unspecified atom stereocenters. The Balaban J connectivity index is 1.44. The van der Waals surface area contributed by atoms with Crippen molar-refractivity contribution in [2.75, 3.05) is 18.1 Å². The fourth-order valence-corrected chi connectivity index (χ4v) is 3.71. The van der Waals surface area contributed by atoms with Gasteiger partial charge in [-0.05, 0) is 79.1 Å². The quantitative estimate of drug-likeness (QED) is 0.273. The van der Waals surface area contributed by atoms with Crippen LogP contribution in [0.15, 0.2) is 61.2 Å². The first-order chi connectivity index (χ1) is 15.4. The molecule has 0 heterocycles. The van der Waals surface area contributed by atoms with Crippen LogP contribution in [0.25, 0.3) is 6.08 Å². The van der Waals surface area contributed by atoms with Crippen LogP contribution < -0.4 is 11.5 Å². The Morgan fingerprint density at radius 3 is 2.44 bits per heavy atom. The molecule has 1 fully saturated rings. The number of esters is 2. The van der Waals surface area contributed by atoms with E-state index < -0.39 is 5.97 Å². The van der Waals surface area contributed by atoms with E-state index in [9.17, 15) is 9.59 Å². The van der Waals surface area contributed by atoms with Crippen molar-refractivity contribution in [2.24, 2.45) is 5.92 Å². The van der Waals surface area contributed by atoms with Crippen LogP contribution in [-0.2, 0) is 20.7 Å². The smallest absolute Gasteiger partial charge is 0.338 e. The first kappa shape index (κ1) is 23.1. The standard InChI is InChI=1S/C26H30N2O4/c1-2-18-5-11-23(12-6-18)32-26(30)20-8-3-19(4-9-20)7-14-25(29)31-16-15-21-17-22(27)10-13-24(21)28/h2-4,7-10,13-14,17-18,23H,1,5-6,11-12,15-16,27-28H2/b14-7+. The fourth-order valence-electron chi connectivity index (χ4n) is 3.71. The summed E-state index contributed by atoms with van der Waals surface area (Å²) in [6.45, 7) is 4.04. The second-order valence-electron chi connectivity index (χ2n) is 8.01. The number of rotatable bonds is 8. The van der Waals surface area contributed by atoms with E-state index in [4.69, 9.17) is 20.9 Å². The number of hydrogen-bond acceptors (Lipinski definition) is 6. The van der Waals surface area contributed by atoms with Crippen molar-refractivity contribution in [3.63, 3.8) is 0 Å². The number of carbonyl (C=O) groups is 2. The largest absolute Gasteiger partial charge is 0.462 e. The first-order valence-electron chi connectivity index (χ1n) is 10.9. The fraction of sp³-hybridized carbons (Fsp3) is 0.308. The van der Waals surface area contributed by atoms with E-state index in [1.165, 1.54) is 6.08 Å². The Kier molecular flexibility index (Phi) is 8.08. The first-order valence-corrected chi connectivity index (χ1v) is 10.9. The van der Waals surface area contributed by atoms with Gasteiger partial charge in [0.1, 0.15) is 6.10 Å². The number of nitrogens with two attached hydrogens (primary N) is 2. The maximum atomic E-state index is 12.4. The number of ether oxygens (including phenoxy) is 2. The van der Waals surface area contributed by atoms with Gasteiger partial charge < -0.3 is 20.9 Å². The molecule has 32 heavy (non-hydrogen) atoms. The van der Waals surface area contributed by atoms with Crippen LogP contribution in [-0.4, -0.2) is 24.6 Å². The SMILES string of the molecule is C=CC1CCC(OC(=O)c2ccc(/C=C/C(=O)OCCc3cc(N)ccc3N)cc2)CC1. The molecule has 4 N–H and O–H groups in total. The number of anilines is 2. The van der Waals surface area contributed by atoms with Crippen LogP contribution in [0, 0.1) is 5.92 Å². The summed E-state index contributed by atoms with van der Waals surface area (Å²) in [5.41, 5.74) is 15.0. The summed E-state index contributed by atoms with van der Waals surface area (Å²) in [7, 11) is 0. The highest BCUT2D eigenvalue weighted by Gasteiger charge is 2.22. The highest BCUT2D eigenvalue weighted by atomic mass is 16.5. The van der Waals surface area contributed by atoms with Crippen molar-refractivity contribution in [3.05, 3.63) is 77.9 Å². The van der Waals surface area contributed by atoms with Gasteiger partial charge in [0.05, 0.1) is 12.2 Å². The summed E-state index contributed by atoms with van der Waals surface area (Å²) < 4.78 is 10.8. The van der Waals surface area contributed by atoms with Gasteiger partial charge in [-0.3, -0.25) is 0 Å². The van der Waals surface area contributed by atoms with Crippen LogP contribution in [0.4, 0.5) is 11.4 Å². The number of benzene rings is 2. The Morgan fingerprint density at radius 1 is 1.03 bits per heavy atom. The number of allylic oxidation sites excluding steroid dienone is 1. The number of nitrogen functional groups attached to an aromatic ring is 2. The zero-order valence-corrected chi connectivity index (χ0v) is 18.2. The van der Waals surface area contributed by atoms with E-state index >= 15 is 0 Å². The predicted octanol–water partition coefficient (Wildman–Crippen LogP) is 4.55. The molecule has 3 rings (SSSR count). The molecule has 0 aliphatic heterocycles. The molecule has 6 heteroatoms. The van der Waals surface area contributed by atoms with Gasteiger partial charge in [-0.1, -0.05) is 18.2 Å². The molecule has 2 aromatic carbocycles. The summed E-state index contributed by atoms with van der Waals surface area (Å²) in [5, 5.41) is 0. The summed E-state index contributed by atoms with van der Waals surface area (Å²) in [6, 6.07) is 12.2. The number of hydrogen-bond donors (Lipinski definition) is 2. The third-order valence-corrected chi connectivity index (χ3v) is 5.67. The molecule has 0 saturated heterocycles. The van der Waals surface area contributed by atoms with E-state index in [2.05, 4.69) is 6.58 Å². The van der Waals surface area contributed by atoms with Gasteiger partial charge in [0.2, 0.25) is 0 Å². The number of carbonyl (C=O) groups excluding carboxylic acids is 2. The lowest BCUT2D eigenvalue weighted by Crippen LogP contribution is -2.23. The van der Waals surface area contributed by atoms with Crippen LogP contribution in [0.1, 0.15) is 47.2 Å². The minimum absolute atomic E-state index is 0.0317. The zero-order chi connectivity index (χ0) is 22.9. The van der Waals surface area contributed by atoms with E-state index in [-0.39, 0.29) is 18.7 Å². The highest BCUT2D eigenvalue weighted by molar-refractivity contribution is 5.90. The van der Waals surface area contributed by atoms with E-state index in [0.717, 1.165) is 36.8 Å². The normalized spacial score (nSPS) is 18.2. The van der Waals surface area contributed by atoms with Crippen molar-refractivity contribution in [1.29, 1.82) is 0 Å². The van der Waals surface area contributed by atoms with Crippen molar-refractivity contribution >= 4 is 29.4 Å². The minimum atomic E-state index is -0.453. The second kappa shape index (κ2) is 11.2. The average molecular weight is 435 g/mol. The highest BCUT2D eigenvalue weighted by Crippen LogP contribution is 2.27. The third-order valence-electron chi connectivity index (χ3n) is 5.67. The molecule has 2 aromatic rings. The second-order valence-corrected chi connectivity index (χ2v) is 8.01. The molecular formula is C26H30N2O4. The monoisotopic (exact) mass is 434 g/mol. The van der Waals surface area contributed by atoms with Gasteiger partial charge in [-0.2, -0.15) is 0 Å². The molecule has 168 valence electrons. The van der Waals surface area contributed by atoms with Crippen molar-refractivity contribution in [2.45, 2.75) is 38.2 Å². The molecule has 0 aromatic heterocycles. The van der Waals surface area contributed by atoms with Gasteiger partial charge >= 0.3 is 11.9 Å². The summed E-state index contributed by atoms with van der Waals surface area (Å²) in [6.07, 6.45) is 9.19. The van der Waals surface area contributed by atoms with Gasteiger partial charge in [0.25, 0.3) is 0 Å². The molecular weight excluding hydrogens is 404 g/mol. The summed E-state index contributed by atoms with van der Waals surface area (Å²) in [5.74, 6) is -0.244. The summed E-state index contributed by atoms with van der Waals surface area (Å²) in [4.78, 5) is 24.3. The lowest BCUT2D eigenvalue weighted by atomic mass is 9.87. The Bertz CT molecular complexity index is 974. The molecule has 0 atom stereocenters. The summed E-state index contributed by atoms with van der Waals surface area (Å²) >= 11 is 0. The molecule has 0 spiro atoms. The third kappa shape index (κ3) is 6.74. The van der Waals surface area contributed by atoms with Crippen molar-refractivity contribution < 1.29 is 19.1 Å². The van der Waals surface area contributed by atoms with E-state index in [1.807, 2.05) is 6.08 Å². The molecule has 1 aliphatic rings.